The van der Waals surface area contributed by atoms with E-state index in [2.05, 4.69) is 9.17 Å². The lowest BCUT2D eigenvalue weighted by Gasteiger charge is -2.24. The van der Waals surface area contributed by atoms with Gasteiger partial charge in [-0.2, -0.15) is 21.6 Å². The van der Waals surface area contributed by atoms with Crippen molar-refractivity contribution in [3.63, 3.8) is 0 Å². The zero-order valence-corrected chi connectivity index (χ0v) is 15.8. The molecule has 3 rings (SSSR count). The van der Waals surface area contributed by atoms with E-state index in [1.807, 2.05) is 0 Å². The molecule has 1 aliphatic heterocycles. The van der Waals surface area contributed by atoms with Crippen LogP contribution in [0.1, 0.15) is 49.6 Å². The normalized spacial score (nSPS) is 16.9. The number of aryl methyl sites for hydroxylation is 1. The highest BCUT2D eigenvalue weighted by Gasteiger charge is 2.49. The lowest BCUT2D eigenvalue weighted by molar-refractivity contribution is -0.0501. The van der Waals surface area contributed by atoms with E-state index in [4.69, 9.17) is 4.74 Å². The predicted molar refractivity (Wildman–Crippen MR) is 87.3 cm³/mol. The van der Waals surface area contributed by atoms with Crippen LogP contribution in [0, 0.1) is 0 Å². The molecule has 0 N–H and O–H groups in total. The second kappa shape index (κ2) is 6.25. The minimum Gasteiger partial charge on any atom is -0.444 e. The maximum atomic E-state index is 12.7. The predicted octanol–water partition coefficient (Wildman–Crippen LogP) is 3.05. The fraction of sp³-hybridized carbons (Fsp3) is 0.625. The van der Waals surface area contributed by atoms with E-state index in [1.54, 1.807) is 20.8 Å². The van der Waals surface area contributed by atoms with Gasteiger partial charge in [-0.1, -0.05) is 0 Å². The van der Waals surface area contributed by atoms with Crippen molar-refractivity contribution in [2.75, 3.05) is 0 Å². The topological polar surface area (TPSA) is 85.8 Å². The summed E-state index contributed by atoms with van der Waals surface area (Å²) in [5, 5.41) is 0. The number of ether oxygens (including phenoxy) is 1. The van der Waals surface area contributed by atoms with Gasteiger partial charge in [0.2, 0.25) is 5.88 Å². The summed E-state index contributed by atoms with van der Waals surface area (Å²) < 4.78 is 70.6. The number of aromatic nitrogens is 1. The molecule has 2 aliphatic rings. The van der Waals surface area contributed by atoms with Gasteiger partial charge in [0.05, 0.1) is 13.1 Å². The Morgan fingerprint density at radius 1 is 1.07 bits per heavy atom. The zero-order chi connectivity index (χ0) is 20.2. The van der Waals surface area contributed by atoms with Crippen LogP contribution in [0.3, 0.4) is 0 Å². The number of carbonyl (C=O) groups is 1. The third-order valence-electron chi connectivity index (χ3n) is 4.23. The van der Waals surface area contributed by atoms with Crippen LogP contribution in [-0.2, 0) is 40.8 Å². The monoisotopic (exact) mass is 408 g/mol. The highest BCUT2D eigenvalue weighted by molar-refractivity contribution is 7.87. The van der Waals surface area contributed by atoms with Gasteiger partial charge in [-0.15, -0.1) is 0 Å². The standard InChI is InChI=1S/C16H19F3N2O5S/c1-15(2,3)25-14(22)21-7-10-9-5-4-6-12(9)20-13(11(10)8-21)26-27(23,24)16(17,18)19/h4-8H2,1-3H3. The number of hydrogen-bond acceptors (Lipinski definition) is 6. The molecule has 1 amide bonds. The summed E-state index contributed by atoms with van der Waals surface area (Å²) in [6.07, 6.45) is 1.28. The van der Waals surface area contributed by atoms with Gasteiger partial charge in [0, 0.05) is 11.3 Å². The minimum absolute atomic E-state index is 0.109. The van der Waals surface area contributed by atoms with E-state index in [-0.39, 0.29) is 18.7 Å². The molecule has 27 heavy (non-hydrogen) atoms. The Morgan fingerprint density at radius 3 is 2.30 bits per heavy atom. The van der Waals surface area contributed by atoms with Crippen molar-refractivity contribution in [2.45, 2.75) is 64.2 Å². The number of carbonyl (C=O) groups excluding carboxylic acids is 1. The van der Waals surface area contributed by atoms with Gasteiger partial charge in [-0.3, -0.25) is 4.90 Å². The first-order valence-electron chi connectivity index (χ1n) is 8.31. The van der Waals surface area contributed by atoms with Gasteiger partial charge in [0.25, 0.3) is 0 Å². The molecule has 2 heterocycles. The summed E-state index contributed by atoms with van der Waals surface area (Å²) in [7, 11) is -5.85. The Kier molecular flexibility index (Phi) is 4.56. The Labute approximate surface area is 154 Å². The van der Waals surface area contributed by atoms with Crippen LogP contribution in [0.5, 0.6) is 5.88 Å². The van der Waals surface area contributed by atoms with Crippen LogP contribution in [0.2, 0.25) is 0 Å². The molecule has 0 aromatic carbocycles. The zero-order valence-electron chi connectivity index (χ0n) is 15.0. The number of nitrogens with zero attached hydrogens (tertiary/aromatic N) is 2. The van der Waals surface area contributed by atoms with E-state index < -0.39 is 33.2 Å². The second-order valence-electron chi connectivity index (χ2n) is 7.47. The molecule has 0 saturated carbocycles. The fourth-order valence-corrected chi connectivity index (χ4v) is 3.58. The average molecular weight is 408 g/mol. The highest BCUT2D eigenvalue weighted by atomic mass is 32.2. The molecule has 0 radical (unpaired) electrons. The smallest absolute Gasteiger partial charge is 0.444 e. The molecule has 0 bridgehead atoms. The Hall–Kier alpha value is -2.04. The Morgan fingerprint density at radius 2 is 1.70 bits per heavy atom. The molecule has 0 unspecified atom stereocenters. The van der Waals surface area contributed by atoms with Crippen molar-refractivity contribution in [1.29, 1.82) is 0 Å². The quantitative estimate of drug-likeness (QED) is 0.552. The number of hydrogen-bond donors (Lipinski definition) is 0. The van der Waals surface area contributed by atoms with E-state index >= 15 is 0 Å². The van der Waals surface area contributed by atoms with Crippen LogP contribution in [0.15, 0.2) is 0 Å². The summed E-state index contributed by atoms with van der Waals surface area (Å²) >= 11 is 0. The van der Waals surface area contributed by atoms with Gasteiger partial charge in [0.15, 0.2) is 0 Å². The van der Waals surface area contributed by atoms with Crippen molar-refractivity contribution in [2.24, 2.45) is 0 Å². The lowest BCUT2D eigenvalue weighted by Crippen LogP contribution is -2.33. The third-order valence-corrected chi connectivity index (χ3v) is 5.18. The van der Waals surface area contributed by atoms with Gasteiger partial charge < -0.3 is 8.92 Å². The first-order valence-corrected chi connectivity index (χ1v) is 9.71. The number of alkyl halides is 3. The molecule has 7 nitrogen and oxygen atoms in total. The largest absolute Gasteiger partial charge is 0.534 e. The first kappa shape index (κ1) is 19.7. The van der Waals surface area contributed by atoms with Gasteiger partial charge in [-0.25, -0.2) is 9.78 Å². The van der Waals surface area contributed by atoms with Crippen LogP contribution in [0.4, 0.5) is 18.0 Å². The van der Waals surface area contributed by atoms with Crippen LogP contribution < -0.4 is 4.18 Å². The molecule has 11 heteroatoms. The Bertz CT molecular complexity index is 891. The van der Waals surface area contributed by atoms with Crippen molar-refractivity contribution in [1.82, 2.24) is 9.88 Å². The number of fused-ring (bicyclic) bond motifs is 3. The van der Waals surface area contributed by atoms with Gasteiger partial charge in [0.1, 0.15) is 5.60 Å². The van der Waals surface area contributed by atoms with E-state index in [0.717, 1.165) is 12.0 Å². The molecular formula is C16H19F3N2O5S. The molecule has 150 valence electrons. The maximum Gasteiger partial charge on any atom is 0.534 e. The number of halogens is 3. The van der Waals surface area contributed by atoms with Crippen LogP contribution in [0.25, 0.3) is 0 Å². The Balaban J connectivity index is 1.97. The summed E-state index contributed by atoms with van der Waals surface area (Å²) in [5.41, 5.74) is -4.19. The van der Waals surface area contributed by atoms with E-state index in [9.17, 15) is 26.4 Å². The average Bonchev–Trinajstić information content (AvgIpc) is 3.09. The maximum absolute atomic E-state index is 12.7. The fourth-order valence-electron chi connectivity index (χ4n) is 3.14. The van der Waals surface area contributed by atoms with Crippen molar-refractivity contribution < 1.29 is 35.3 Å². The number of rotatable bonds is 2. The molecule has 0 spiro atoms. The summed E-state index contributed by atoms with van der Waals surface area (Å²) in [5.74, 6) is -0.617. The highest BCUT2D eigenvalue weighted by Crippen LogP contribution is 2.39. The third kappa shape index (κ3) is 3.83. The van der Waals surface area contributed by atoms with Crippen molar-refractivity contribution in [3.8, 4) is 5.88 Å². The molecule has 0 saturated heterocycles. The van der Waals surface area contributed by atoms with Crippen LogP contribution in [-0.4, -0.2) is 35.5 Å². The molecule has 1 aromatic rings. The second-order valence-corrected chi connectivity index (χ2v) is 9.01. The molecule has 0 atom stereocenters. The minimum atomic E-state index is -5.85. The van der Waals surface area contributed by atoms with E-state index in [1.165, 1.54) is 4.90 Å². The molecule has 1 aromatic heterocycles. The lowest BCUT2D eigenvalue weighted by atomic mass is 10.0. The number of amides is 1. The van der Waals surface area contributed by atoms with Crippen molar-refractivity contribution >= 4 is 16.2 Å². The van der Waals surface area contributed by atoms with E-state index in [0.29, 0.717) is 24.1 Å². The SMILES string of the molecule is CC(C)(C)OC(=O)N1Cc2c(OS(=O)(=O)C(F)(F)F)nc3c(c2C1)CCC3. The van der Waals surface area contributed by atoms with Crippen LogP contribution >= 0.6 is 0 Å². The summed E-state index contributed by atoms with van der Waals surface area (Å²) in [4.78, 5) is 17.6. The molecule has 1 aliphatic carbocycles. The molecular weight excluding hydrogens is 389 g/mol. The van der Waals surface area contributed by atoms with Crippen molar-refractivity contribution in [3.05, 3.63) is 22.4 Å². The van der Waals surface area contributed by atoms with Gasteiger partial charge >= 0.3 is 21.7 Å². The summed E-state index contributed by atoms with van der Waals surface area (Å²) in [6, 6.07) is 0. The van der Waals surface area contributed by atoms with Gasteiger partial charge in [-0.05, 0) is 51.2 Å². The molecule has 0 fully saturated rings. The summed E-state index contributed by atoms with van der Waals surface area (Å²) in [6.45, 7) is 5.05. The number of pyridine rings is 1. The first-order chi connectivity index (χ1) is 12.3.